The fourth-order valence-corrected chi connectivity index (χ4v) is 1.57. The van der Waals surface area contributed by atoms with Crippen molar-refractivity contribution in [3.63, 3.8) is 0 Å². The SMILES string of the molecule is COc1cc(C)nc(CC(=O)Oc2ccccc2)n1. The molecule has 1 aromatic carbocycles. The van der Waals surface area contributed by atoms with Gasteiger partial charge in [0, 0.05) is 11.8 Å². The minimum atomic E-state index is -0.404. The van der Waals surface area contributed by atoms with Gasteiger partial charge < -0.3 is 9.47 Å². The lowest BCUT2D eigenvalue weighted by Crippen LogP contribution is -2.14. The smallest absolute Gasteiger partial charge is 0.318 e. The molecule has 0 spiro atoms. The summed E-state index contributed by atoms with van der Waals surface area (Å²) in [6.07, 6.45) is 0.00688. The molecule has 5 heteroatoms. The van der Waals surface area contributed by atoms with Crippen molar-refractivity contribution in [2.24, 2.45) is 0 Å². The maximum atomic E-state index is 11.7. The standard InChI is InChI=1S/C14H14N2O3/c1-10-8-13(18-2)16-12(15-10)9-14(17)19-11-6-4-3-5-7-11/h3-8H,9H2,1-2H3. The first kappa shape index (κ1) is 13.0. The monoisotopic (exact) mass is 258 g/mol. The van der Waals surface area contributed by atoms with Crippen LogP contribution in [0, 0.1) is 6.92 Å². The number of benzene rings is 1. The highest BCUT2D eigenvalue weighted by atomic mass is 16.5. The second-order valence-corrected chi connectivity index (χ2v) is 3.93. The van der Waals surface area contributed by atoms with Crippen LogP contribution in [0.2, 0.25) is 0 Å². The largest absolute Gasteiger partial charge is 0.481 e. The normalized spacial score (nSPS) is 10.0. The molecule has 0 atom stereocenters. The lowest BCUT2D eigenvalue weighted by atomic mass is 10.3. The number of methoxy groups -OCH3 is 1. The van der Waals surface area contributed by atoms with Gasteiger partial charge in [-0.05, 0) is 19.1 Å². The number of carbonyl (C=O) groups is 1. The quantitative estimate of drug-likeness (QED) is 0.619. The summed E-state index contributed by atoms with van der Waals surface area (Å²) in [7, 11) is 1.52. The molecule has 0 fully saturated rings. The van der Waals surface area contributed by atoms with Crippen LogP contribution in [0.3, 0.4) is 0 Å². The Hall–Kier alpha value is -2.43. The van der Waals surface area contributed by atoms with Crippen LogP contribution in [-0.2, 0) is 11.2 Å². The molecule has 5 nitrogen and oxygen atoms in total. The van der Waals surface area contributed by atoms with Crippen molar-refractivity contribution in [1.82, 2.24) is 9.97 Å². The predicted molar refractivity (Wildman–Crippen MR) is 69.1 cm³/mol. The Morgan fingerprint density at radius 2 is 1.95 bits per heavy atom. The topological polar surface area (TPSA) is 61.3 Å². The van der Waals surface area contributed by atoms with Crippen LogP contribution >= 0.6 is 0 Å². The van der Waals surface area contributed by atoms with Crippen LogP contribution in [0.1, 0.15) is 11.5 Å². The van der Waals surface area contributed by atoms with Gasteiger partial charge in [-0.2, -0.15) is 4.98 Å². The van der Waals surface area contributed by atoms with Gasteiger partial charge in [0.25, 0.3) is 0 Å². The van der Waals surface area contributed by atoms with Gasteiger partial charge in [0.1, 0.15) is 18.0 Å². The molecule has 19 heavy (non-hydrogen) atoms. The Morgan fingerprint density at radius 3 is 2.63 bits per heavy atom. The number of nitrogens with zero attached hydrogens (tertiary/aromatic N) is 2. The first-order valence-corrected chi connectivity index (χ1v) is 5.81. The second-order valence-electron chi connectivity index (χ2n) is 3.93. The molecule has 0 aliphatic rings. The molecule has 2 aromatic rings. The minimum Gasteiger partial charge on any atom is -0.481 e. The Morgan fingerprint density at radius 1 is 1.21 bits per heavy atom. The summed E-state index contributed by atoms with van der Waals surface area (Å²) in [4.78, 5) is 20.0. The van der Waals surface area contributed by atoms with Gasteiger partial charge in [-0.25, -0.2) is 4.98 Å². The van der Waals surface area contributed by atoms with Crippen LogP contribution in [0.15, 0.2) is 36.4 Å². The van der Waals surface area contributed by atoms with E-state index in [1.165, 1.54) is 7.11 Å². The van der Waals surface area contributed by atoms with E-state index in [0.717, 1.165) is 5.69 Å². The van der Waals surface area contributed by atoms with Crippen molar-refractivity contribution >= 4 is 5.97 Å². The maximum Gasteiger partial charge on any atom is 0.318 e. The molecule has 0 aliphatic heterocycles. The van der Waals surface area contributed by atoms with Gasteiger partial charge in [0.2, 0.25) is 5.88 Å². The van der Waals surface area contributed by atoms with Gasteiger partial charge in [0.15, 0.2) is 0 Å². The zero-order valence-electron chi connectivity index (χ0n) is 10.8. The number of hydrogen-bond acceptors (Lipinski definition) is 5. The third kappa shape index (κ3) is 3.77. The van der Waals surface area contributed by atoms with Crippen molar-refractivity contribution in [2.45, 2.75) is 13.3 Å². The number of para-hydroxylation sites is 1. The van der Waals surface area contributed by atoms with Crippen molar-refractivity contribution in [3.8, 4) is 11.6 Å². The highest BCUT2D eigenvalue weighted by Crippen LogP contribution is 2.11. The first-order chi connectivity index (χ1) is 9.17. The van der Waals surface area contributed by atoms with Crippen molar-refractivity contribution in [2.75, 3.05) is 7.11 Å². The lowest BCUT2D eigenvalue weighted by molar-refractivity contribution is -0.133. The van der Waals surface area contributed by atoms with E-state index in [1.807, 2.05) is 13.0 Å². The lowest BCUT2D eigenvalue weighted by Gasteiger charge is -2.05. The second kappa shape index (κ2) is 5.95. The molecule has 98 valence electrons. The first-order valence-electron chi connectivity index (χ1n) is 5.81. The highest BCUT2D eigenvalue weighted by Gasteiger charge is 2.10. The van der Waals surface area contributed by atoms with Gasteiger partial charge >= 0.3 is 5.97 Å². The molecule has 0 saturated heterocycles. The molecule has 1 heterocycles. The summed E-state index contributed by atoms with van der Waals surface area (Å²) in [6, 6.07) is 10.6. The van der Waals surface area contributed by atoms with Crippen LogP contribution in [-0.4, -0.2) is 23.0 Å². The van der Waals surface area contributed by atoms with Gasteiger partial charge in [-0.3, -0.25) is 4.79 Å². The average Bonchev–Trinajstić information content (AvgIpc) is 2.38. The third-order valence-corrected chi connectivity index (χ3v) is 2.36. The van der Waals surface area contributed by atoms with E-state index in [4.69, 9.17) is 9.47 Å². The predicted octanol–water partition coefficient (Wildman–Crippen LogP) is 1.94. The summed E-state index contributed by atoms with van der Waals surface area (Å²) >= 11 is 0. The molecule has 0 unspecified atom stereocenters. The van der Waals surface area contributed by atoms with Gasteiger partial charge in [-0.1, -0.05) is 18.2 Å². The number of ether oxygens (including phenoxy) is 2. The Kier molecular flexibility index (Phi) is 4.07. The van der Waals surface area contributed by atoms with E-state index in [0.29, 0.717) is 17.5 Å². The number of carbonyl (C=O) groups excluding carboxylic acids is 1. The Bertz CT molecular complexity index is 570. The summed E-state index contributed by atoms with van der Waals surface area (Å²) in [5, 5.41) is 0. The molecule has 0 saturated carbocycles. The van der Waals surface area contributed by atoms with Crippen LogP contribution < -0.4 is 9.47 Å². The maximum absolute atomic E-state index is 11.7. The number of aryl methyl sites for hydroxylation is 1. The van der Waals surface area contributed by atoms with Crippen molar-refractivity contribution in [3.05, 3.63) is 47.9 Å². The van der Waals surface area contributed by atoms with Crippen LogP contribution in [0.4, 0.5) is 0 Å². The average molecular weight is 258 g/mol. The molecule has 0 radical (unpaired) electrons. The molecular weight excluding hydrogens is 244 g/mol. The fraction of sp³-hybridized carbons (Fsp3) is 0.214. The van der Waals surface area contributed by atoms with E-state index >= 15 is 0 Å². The molecule has 0 N–H and O–H groups in total. The van der Waals surface area contributed by atoms with Gasteiger partial charge in [-0.15, -0.1) is 0 Å². The minimum absolute atomic E-state index is 0.00688. The van der Waals surface area contributed by atoms with E-state index < -0.39 is 5.97 Å². The third-order valence-electron chi connectivity index (χ3n) is 2.36. The summed E-state index contributed by atoms with van der Waals surface area (Å²) < 4.78 is 10.2. The summed E-state index contributed by atoms with van der Waals surface area (Å²) in [5.41, 5.74) is 0.745. The molecule has 1 aromatic heterocycles. The van der Waals surface area contributed by atoms with E-state index in [1.54, 1.807) is 30.3 Å². The number of esters is 1. The van der Waals surface area contributed by atoms with Crippen molar-refractivity contribution < 1.29 is 14.3 Å². The molecule has 2 rings (SSSR count). The molecular formula is C14H14N2O3. The van der Waals surface area contributed by atoms with Gasteiger partial charge in [0.05, 0.1) is 7.11 Å². The fourth-order valence-electron chi connectivity index (χ4n) is 1.57. The zero-order chi connectivity index (χ0) is 13.7. The summed E-state index contributed by atoms with van der Waals surface area (Å²) in [5.74, 6) is 0.929. The molecule has 0 bridgehead atoms. The van der Waals surface area contributed by atoms with Crippen LogP contribution in [0.5, 0.6) is 11.6 Å². The van der Waals surface area contributed by atoms with E-state index in [9.17, 15) is 4.79 Å². The van der Waals surface area contributed by atoms with E-state index in [-0.39, 0.29) is 6.42 Å². The molecule has 0 amide bonds. The zero-order valence-corrected chi connectivity index (χ0v) is 10.8. The van der Waals surface area contributed by atoms with Crippen LogP contribution in [0.25, 0.3) is 0 Å². The van der Waals surface area contributed by atoms with Crippen molar-refractivity contribution in [1.29, 1.82) is 0 Å². The highest BCUT2D eigenvalue weighted by molar-refractivity contribution is 5.74. The number of rotatable bonds is 4. The number of hydrogen-bond donors (Lipinski definition) is 0. The number of aromatic nitrogens is 2. The van der Waals surface area contributed by atoms with E-state index in [2.05, 4.69) is 9.97 Å². The Labute approximate surface area is 111 Å². The molecule has 0 aliphatic carbocycles. The summed E-state index contributed by atoms with van der Waals surface area (Å²) in [6.45, 7) is 1.82. The Balaban J connectivity index is 2.05.